The molecule has 0 atom stereocenters. The molecule has 2 amide bonds. The van der Waals surface area contributed by atoms with Crippen LogP contribution >= 0.6 is 0 Å². The Morgan fingerprint density at radius 2 is 1.97 bits per heavy atom. The summed E-state index contributed by atoms with van der Waals surface area (Å²) >= 11 is 0. The molecule has 3 aromatic rings. The fourth-order valence-electron chi connectivity index (χ4n) is 4.17. The van der Waals surface area contributed by atoms with Crippen molar-refractivity contribution in [3.8, 4) is 5.75 Å². The van der Waals surface area contributed by atoms with Crippen molar-refractivity contribution in [1.82, 2.24) is 14.5 Å². The van der Waals surface area contributed by atoms with Crippen molar-refractivity contribution < 1.29 is 14.3 Å². The molecule has 0 aliphatic carbocycles. The number of benzene rings is 2. The zero-order valence-corrected chi connectivity index (χ0v) is 19.2. The summed E-state index contributed by atoms with van der Waals surface area (Å²) < 4.78 is 7.56. The van der Waals surface area contributed by atoms with E-state index in [-0.39, 0.29) is 11.8 Å². The highest BCUT2D eigenvalue weighted by Crippen LogP contribution is 2.28. The van der Waals surface area contributed by atoms with E-state index in [1.54, 1.807) is 24.5 Å². The number of aryl methyl sites for hydroxylation is 2. The second-order valence-electron chi connectivity index (χ2n) is 8.25. The summed E-state index contributed by atoms with van der Waals surface area (Å²) in [6, 6.07) is 13.6. The van der Waals surface area contributed by atoms with Crippen molar-refractivity contribution in [3.05, 3.63) is 77.9 Å². The van der Waals surface area contributed by atoms with Crippen LogP contribution in [0.1, 0.15) is 41.3 Å². The van der Waals surface area contributed by atoms with Gasteiger partial charge >= 0.3 is 0 Å². The van der Waals surface area contributed by atoms with E-state index >= 15 is 0 Å². The van der Waals surface area contributed by atoms with Gasteiger partial charge in [-0.2, -0.15) is 0 Å². The van der Waals surface area contributed by atoms with E-state index in [2.05, 4.69) is 4.98 Å². The molecule has 2 heterocycles. The summed E-state index contributed by atoms with van der Waals surface area (Å²) in [7, 11) is 1.79. The van der Waals surface area contributed by atoms with Gasteiger partial charge in [-0.1, -0.05) is 12.1 Å². The average molecular weight is 447 g/mol. The summed E-state index contributed by atoms with van der Waals surface area (Å²) in [6.45, 7) is 4.52. The molecule has 172 valence electrons. The standard InChI is InChI=1S/C26H30N4O3/c1-3-33-23-9-5-20(6-10-23)18-30(15-4-14-29-16-13-27-19-29)26(32)22-7-11-24-21(17-22)8-12-25(31)28(24)2/h5-7,9-11,13,16-17,19H,3-4,8,12,14-15,18H2,1-2H3. The molecule has 0 bridgehead atoms. The number of nitrogens with zero attached hydrogens (tertiary/aromatic N) is 4. The molecule has 2 aromatic carbocycles. The van der Waals surface area contributed by atoms with E-state index in [0.29, 0.717) is 38.1 Å². The molecule has 0 radical (unpaired) electrons. The topological polar surface area (TPSA) is 67.7 Å². The van der Waals surface area contributed by atoms with Crippen molar-refractivity contribution in [2.45, 2.75) is 39.3 Å². The minimum atomic E-state index is -0.00290. The number of hydrogen-bond acceptors (Lipinski definition) is 4. The molecule has 4 rings (SSSR count). The molecule has 0 unspecified atom stereocenters. The third-order valence-corrected chi connectivity index (χ3v) is 5.97. The minimum absolute atomic E-state index is 0.00290. The molecule has 1 aromatic heterocycles. The third kappa shape index (κ3) is 5.42. The van der Waals surface area contributed by atoms with Crippen molar-refractivity contribution in [2.24, 2.45) is 0 Å². The van der Waals surface area contributed by atoms with E-state index < -0.39 is 0 Å². The maximum Gasteiger partial charge on any atom is 0.254 e. The number of carbonyl (C=O) groups excluding carboxylic acids is 2. The van der Waals surface area contributed by atoms with Crippen LogP contribution in [0.4, 0.5) is 5.69 Å². The molecule has 1 aliphatic rings. The fraction of sp³-hybridized carbons (Fsp3) is 0.346. The number of hydrogen-bond donors (Lipinski definition) is 0. The molecular weight excluding hydrogens is 416 g/mol. The first-order chi connectivity index (χ1) is 16.0. The lowest BCUT2D eigenvalue weighted by Crippen LogP contribution is -2.33. The van der Waals surface area contributed by atoms with Gasteiger partial charge in [0.2, 0.25) is 5.91 Å². The monoisotopic (exact) mass is 446 g/mol. The number of rotatable bonds is 9. The number of amides is 2. The number of anilines is 1. The fourth-order valence-corrected chi connectivity index (χ4v) is 4.17. The number of aromatic nitrogens is 2. The van der Waals surface area contributed by atoms with Crippen LogP contribution < -0.4 is 9.64 Å². The van der Waals surface area contributed by atoms with Gasteiger partial charge in [0, 0.05) is 56.7 Å². The molecule has 0 spiro atoms. The van der Waals surface area contributed by atoms with Gasteiger partial charge in [-0.15, -0.1) is 0 Å². The molecular formula is C26H30N4O3. The Hall–Kier alpha value is -3.61. The highest BCUT2D eigenvalue weighted by atomic mass is 16.5. The quantitative estimate of drug-likeness (QED) is 0.500. The highest BCUT2D eigenvalue weighted by Gasteiger charge is 2.23. The van der Waals surface area contributed by atoms with Gasteiger partial charge < -0.3 is 19.1 Å². The summed E-state index contributed by atoms with van der Waals surface area (Å²) in [4.78, 5) is 33.2. The molecule has 0 N–H and O–H groups in total. The maximum absolute atomic E-state index is 13.5. The molecule has 1 aliphatic heterocycles. The van der Waals surface area contributed by atoms with Crippen LogP contribution in [-0.4, -0.2) is 46.5 Å². The molecule has 0 saturated carbocycles. The highest BCUT2D eigenvalue weighted by molar-refractivity contribution is 5.99. The third-order valence-electron chi connectivity index (χ3n) is 5.97. The van der Waals surface area contributed by atoms with E-state index in [4.69, 9.17) is 4.74 Å². The summed E-state index contributed by atoms with van der Waals surface area (Å²) in [5, 5.41) is 0. The summed E-state index contributed by atoms with van der Waals surface area (Å²) in [5.74, 6) is 0.933. The summed E-state index contributed by atoms with van der Waals surface area (Å²) in [5.41, 5.74) is 3.64. The van der Waals surface area contributed by atoms with Gasteiger partial charge in [0.1, 0.15) is 5.75 Å². The van der Waals surface area contributed by atoms with Gasteiger partial charge in [0.05, 0.1) is 12.9 Å². The smallest absolute Gasteiger partial charge is 0.254 e. The van der Waals surface area contributed by atoms with Crippen molar-refractivity contribution in [1.29, 1.82) is 0 Å². The van der Waals surface area contributed by atoms with Crippen LogP contribution in [0, 0.1) is 0 Å². The second kappa shape index (κ2) is 10.3. The number of ether oxygens (including phenoxy) is 1. The zero-order chi connectivity index (χ0) is 23.2. The van der Waals surface area contributed by atoms with Crippen LogP contribution in [0.3, 0.4) is 0 Å². The predicted octanol–water partition coefficient (Wildman–Crippen LogP) is 3.92. The Morgan fingerprint density at radius 3 is 2.70 bits per heavy atom. The van der Waals surface area contributed by atoms with Gasteiger partial charge in [-0.25, -0.2) is 4.98 Å². The lowest BCUT2D eigenvalue weighted by molar-refractivity contribution is -0.118. The Bertz CT molecular complexity index is 1090. The normalized spacial score (nSPS) is 13.0. The lowest BCUT2D eigenvalue weighted by Gasteiger charge is -2.27. The molecule has 7 nitrogen and oxygen atoms in total. The van der Waals surface area contributed by atoms with E-state index in [0.717, 1.165) is 35.5 Å². The van der Waals surface area contributed by atoms with E-state index in [1.807, 2.05) is 65.1 Å². The molecule has 7 heteroatoms. The van der Waals surface area contributed by atoms with Crippen molar-refractivity contribution in [2.75, 3.05) is 25.1 Å². The van der Waals surface area contributed by atoms with Crippen LogP contribution in [0.5, 0.6) is 5.75 Å². The predicted molar refractivity (Wildman–Crippen MR) is 127 cm³/mol. The minimum Gasteiger partial charge on any atom is -0.494 e. The molecule has 0 saturated heterocycles. The zero-order valence-electron chi connectivity index (χ0n) is 19.2. The molecule has 0 fully saturated rings. The van der Waals surface area contributed by atoms with Crippen LogP contribution in [0.2, 0.25) is 0 Å². The maximum atomic E-state index is 13.5. The first kappa shape index (κ1) is 22.6. The van der Waals surface area contributed by atoms with Gasteiger partial charge in [0.25, 0.3) is 5.91 Å². The van der Waals surface area contributed by atoms with E-state index in [1.165, 1.54) is 0 Å². The van der Waals surface area contributed by atoms with Crippen molar-refractivity contribution >= 4 is 17.5 Å². The largest absolute Gasteiger partial charge is 0.494 e. The first-order valence-electron chi connectivity index (χ1n) is 11.4. The number of carbonyl (C=O) groups is 2. The van der Waals surface area contributed by atoms with Gasteiger partial charge in [-0.3, -0.25) is 9.59 Å². The first-order valence-corrected chi connectivity index (χ1v) is 11.4. The summed E-state index contributed by atoms with van der Waals surface area (Å²) in [6.07, 6.45) is 7.44. The number of fused-ring (bicyclic) bond motifs is 1. The lowest BCUT2D eigenvalue weighted by atomic mass is 9.98. The van der Waals surface area contributed by atoms with Crippen LogP contribution in [0.25, 0.3) is 0 Å². The average Bonchev–Trinajstić information content (AvgIpc) is 3.35. The van der Waals surface area contributed by atoms with Gasteiger partial charge in [0.15, 0.2) is 0 Å². The van der Waals surface area contributed by atoms with Crippen LogP contribution in [0.15, 0.2) is 61.2 Å². The Morgan fingerprint density at radius 1 is 1.15 bits per heavy atom. The van der Waals surface area contributed by atoms with E-state index in [9.17, 15) is 9.59 Å². The Kier molecular flexibility index (Phi) is 7.07. The molecule has 33 heavy (non-hydrogen) atoms. The Labute approximate surface area is 194 Å². The van der Waals surface area contributed by atoms with Gasteiger partial charge in [-0.05, 0) is 61.2 Å². The van der Waals surface area contributed by atoms with Crippen LogP contribution in [-0.2, 0) is 24.3 Å². The second-order valence-corrected chi connectivity index (χ2v) is 8.25. The van der Waals surface area contributed by atoms with Crippen molar-refractivity contribution in [3.63, 3.8) is 0 Å². The SMILES string of the molecule is CCOc1ccc(CN(CCCn2ccnc2)C(=O)c2ccc3c(c2)CCC(=O)N3C)cc1. The number of imidazole rings is 1. The Balaban J connectivity index is 1.52.